The predicted molar refractivity (Wildman–Crippen MR) is 76.3 cm³/mol. The van der Waals surface area contributed by atoms with Gasteiger partial charge in [-0.25, -0.2) is 4.79 Å². The van der Waals surface area contributed by atoms with Crippen molar-refractivity contribution in [3.8, 4) is 0 Å². The number of fused-ring (bicyclic) bond motifs is 1. The number of rotatable bonds is 4. The van der Waals surface area contributed by atoms with Crippen molar-refractivity contribution in [3.05, 3.63) is 59.9 Å². The second kappa shape index (κ2) is 5.93. The highest BCUT2D eigenvalue weighted by Crippen LogP contribution is 2.30. The summed E-state index contributed by atoms with van der Waals surface area (Å²) in [7, 11) is 0. The molecule has 3 unspecified atom stereocenters. The molecule has 0 aromatic carbocycles. The minimum absolute atomic E-state index is 0.131. The lowest BCUT2D eigenvalue weighted by molar-refractivity contribution is -0.133. The fourth-order valence-electron chi connectivity index (χ4n) is 2.35. The molecule has 2 aliphatic rings. The Morgan fingerprint density at radius 2 is 2.24 bits per heavy atom. The smallest absolute Gasteiger partial charge is 0.334 e. The Morgan fingerprint density at radius 1 is 1.52 bits per heavy atom. The Kier molecular flexibility index (Phi) is 4.23. The number of hydrogen-bond donors (Lipinski definition) is 2. The number of carboxylic acids is 1. The maximum absolute atomic E-state index is 12.2. The molecule has 0 bridgehead atoms. The maximum atomic E-state index is 12.2. The van der Waals surface area contributed by atoms with Crippen LogP contribution in [0, 0.1) is 5.92 Å². The predicted octanol–water partition coefficient (Wildman–Crippen LogP) is 1.53. The van der Waals surface area contributed by atoms with Crippen LogP contribution in [0.25, 0.3) is 0 Å². The molecule has 5 nitrogen and oxygen atoms in total. The second-order valence-corrected chi connectivity index (χ2v) is 4.75. The first-order valence-corrected chi connectivity index (χ1v) is 6.49. The molecular weight excluding hydrogens is 272 g/mol. The average molecular weight is 288 g/mol. The van der Waals surface area contributed by atoms with Crippen LogP contribution in [0.3, 0.4) is 0 Å². The first-order valence-electron chi connectivity index (χ1n) is 6.49. The Bertz CT molecular complexity index is 606. The summed E-state index contributed by atoms with van der Waals surface area (Å²) < 4.78 is 5.42. The minimum Gasteiger partial charge on any atom is -0.492 e. The minimum atomic E-state index is -1.28. The summed E-state index contributed by atoms with van der Waals surface area (Å²) in [5, 5.41) is 19.2. The van der Waals surface area contributed by atoms with Crippen LogP contribution in [0.4, 0.5) is 0 Å². The molecule has 0 saturated heterocycles. The van der Waals surface area contributed by atoms with Gasteiger partial charge in [0, 0.05) is 0 Å². The summed E-state index contributed by atoms with van der Waals surface area (Å²) in [6, 6.07) is 0. The van der Waals surface area contributed by atoms with Gasteiger partial charge in [-0.2, -0.15) is 0 Å². The van der Waals surface area contributed by atoms with Crippen LogP contribution >= 0.6 is 0 Å². The lowest BCUT2D eigenvalue weighted by Gasteiger charge is -2.29. The fourth-order valence-corrected chi connectivity index (χ4v) is 2.35. The number of carboxylic acid groups (broad SMARTS) is 1. The number of ether oxygens (including phenoxy) is 1. The molecule has 0 aromatic rings. The zero-order valence-electron chi connectivity index (χ0n) is 11.5. The van der Waals surface area contributed by atoms with Gasteiger partial charge in [0.1, 0.15) is 12.2 Å². The molecule has 2 N–H and O–H groups in total. The number of allylic oxidation sites excluding steroid dienone is 3. The van der Waals surface area contributed by atoms with Crippen LogP contribution in [-0.2, 0) is 14.3 Å². The second-order valence-electron chi connectivity index (χ2n) is 4.75. The van der Waals surface area contributed by atoms with Crippen LogP contribution in [0.2, 0.25) is 0 Å². The van der Waals surface area contributed by atoms with Gasteiger partial charge < -0.3 is 14.9 Å². The summed E-state index contributed by atoms with van der Waals surface area (Å²) in [6.07, 6.45) is 7.18. The Labute approximate surface area is 122 Å². The number of carbonyl (C=O) groups is 2. The topological polar surface area (TPSA) is 83.8 Å². The number of hydrogen-bond acceptors (Lipinski definition) is 4. The molecule has 0 amide bonds. The first kappa shape index (κ1) is 15.0. The highest BCUT2D eigenvalue weighted by Gasteiger charge is 2.35. The zero-order valence-corrected chi connectivity index (χ0v) is 11.5. The molecule has 0 aromatic heterocycles. The molecule has 1 aliphatic heterocycles. The van der Waals surface area contributed by atoms with Gasteiger partial charge in [0.15, 0.2) is 5.78 Å². The van der Waals surface area contributed by atoms with Crippen molar-refractivity contribution in [2.24, 2.45) is 5.92 Å². The third-order valence-electron chi connectivity index (χ3n) is 3.53. The van der Waals surface area contributed by atoms with E-state index in [1.165, 1.54) is 25.3 Å². The number of aliphatic hydroxyl groups excluding tert-OH is 1. The highest BCUT2D eigenvalue weighted by atomic mass is 16.5. The summed E-state index contributed by atoms with van der Waals surface area (Å²) in [5.74, 6) is -1.93. The monoisotopic (exact) mass is 288 g/mol. The van der Waals surface area contributed by atoms with Crippen molar-refractivity contribution >= 4 is 11.8 Å². The number of ketones is 1. The van der Waals surface area contributed by atoms with Gasteiger partial charge in [-0.15, -0.1) is 0 Å². The van der Waals surface area contributed by atoms with Crippen molar-refractivity contribution in [1.82, 2.24) is 0 Å². The molecule has 0 radical (unpaired) electrons. The molecular formula is C16H16O5. The lowest BCUT2D eigenvalue weighted by Crippen LogP contribution is -2.34. The maximum Gasteiger partial charge on any atom is 0.334 e. The Balaban J connectivity index is 2.31. The molecule has 3 atom stereocenters. The van der Waals surface area contributed by atoms with Crippen molar-refractivity contribution in [2.45, 2.75) is 19.1 Å². The Morgan fingerprint density at radius 3 is 2.81 bits per heavy atom. The van der Waals surface area contributed by atoms with Crippen molar-refractivity contribution in [3.63, 3.8) is 0 Å². The van der Waals surface area contributed by atoms with Gasteiger partial charge >= 0.3 is 5.97 Å². The van der Waals surface area contributed by atoms with Crippen molar-refractivity contribution in [1.29, 1.82) is 0 Å². The van der Waals surface area contributed by atoms with E-state index < -0.39 is 24.1 Å². The van der Waals surface area contributed by atoms with Gasteiger partial charge in [-0.1, -0.05) is 30.9 Å². The largest absolute Gasteiger partial charge is 0.492 e. The first-order chi connectivity index (χ1) is 9.99. The van der Waals surface area contributed by atoms with Crippen LogP contribution in [0.15, 0.2) is 59.9 Å². The quantitative estimate of drug-likeness (QED) is 0.766. The van der Waals surface area contributed by atoms with Crippen molar-refractivity contribution < 1.29 is 24.5 Å². The molecule has 21 heavy (non-hydrogen) atoms. The lowest BCUT2D eigenvalue weighted by atomic mass is 9.83. The Hall–Kier alpha value is -2.40. The SMILES string of the molecule is C=CC1=COC2C=CC(C(O)C(=CC)C(=O)O)=CC2C1=O. The van der Waals surface area contributed by atoms with E-state index in [1.54, 1.807) is 18.2 Å². The van der Waals surface area contributed by atoms with E-state index >= 15 is 0 Å². The van der Waals surface area contributed by atoms with Crippen LogP contribution in [0.5, 0.6) is 0 Å². The summed E-state index contributed by atoms with van der Waals surface area (Å²) in [5.41, 5.74) is 0.600. The van der Waals surface area contributed by atoms with Gasteiger partial charge in [-0.3, -0.25) is 4.79 Å². The van der Waals surface area contributed by atoms with Gasteiger partial charge in [-0.05, 0) is 18.6 Å². The third-order valence-corrected chi connectivity index (χ3v) is 3.53. The standard InChI is InChI=1S/C16H16O5/c1-3-9-8-21-13-6-5-10(7-12(13)14(9)17)15(18)11(4-2)16(19)20/h3-8,12-13,15,18H,1H2,2H3,(H,19,20). The number of aliphatic carboxylic acids is 1. The highest BCUT2D eigenvalue weighted by molar-refractivity contribution is 6.02. The molecule has 0 saturated carbocycles. The molecule has 1 aliphatic carbocycles. The van der Waals surface area contributed by atoms with Crippen LogP contribution in [0.1, 0.15) is 6.92 Å². The third kappa shape index (κ3) is 2.73. The fraction of sp³-hybridized carbons (Fsp3) is 0.250. The molecule has 0 fully saturated rings. The van der Waals surface area contributed by atoms with Gasteiger partial charge in [0.05, 0.1) is 23.3 Å². The number of carbonyl (C=O) groups excluding carboxylic acids is 1. The van der Waals surface area contributed by atoms with E-state index in [4.69, 9.17) is 9.84 Å². The van der Waals surface area contributed by atoms with E-state index in [1.807, 2.05) is 0 Å². The number of Topliss-reactive ketones (excluding diaryl/α,β-unsaturated/α-hetero) is 1. The molecule has 2 rings (SSSR count). The summed E-state index contributed by atoms with van der Waals surface area (Å²) in [4.78, 5) is 23.3. The zero-order chi connectivity index (χ0) is 15.6. The number of aliphatic hydroxyl groups is 1. The summed E-state index contributed by atoms with van der Waals surface area (Å²) in [6.45, 7) is 5.08. The van der Waals surface area contributed by atoms with Crippen LogP contribution in [-0.4, -0.2) is 34.2 Å². The molecule has 1 heterocycles. The molecule has 0 spiro atoms. The van der Waals surface area contributed by atoms with E-state index in [2.05, 4.69) is 6.58 Å². The van der Waals surface area contributed by atoms with Crippen molar-refractivity contribution in [2.75, 3.05) is 0 Å². The summed E-state index contributed by atoms with van der Waals surface area (Å²) >= 11 is 0. The van der Waals surface area contributed by atoms with Gasteiger partial charge in [0.2, 0.25) is 0 Å². The van der Waals surface area contributed by atoms with Crippen LogP contribution < -0.4 is 0 Å². The van der Waals surface area contributed by atoms with Gasteiger partial charge in [0.25, 0.3) is 0 Å². The normalized spacial score (nSPS) is 26.2. The van der Waals surface area contributed by atoms with E-state index in [0.29, 0.717) is 11.1 Å². The molecule has 110 valence electrons. The average Bonchev–Trinajstić information content (AvgIpc) is 2.47. The van der Waals surface area contributed by atoms with E-state index in [9.17, 15) is 14.7 Å². The van der Waals surface area contributed by atoms with E-state index in [-0.39, 0.29) is 11.4 Å². The molecule has 5 heteroatoms. The van der Waals surface area contributed by atoms with E-state index in [0.717, 1.165) is 0 Å².